The predicted octanol–water partition coefficient (Wildman–Crippen LogP) is 1.49. The van der Waals surface area contributed by atoms with Crippen LogP contribution in [0.5, 0.6) is 0 Å². The molecule has 1 amide bonds. The SMILES string of the molecule is CC(C)CN(CCC#N)C(=O)c1ccnnc1. The number of carbonyl (C=O) groups is 1. The Morgan fingerprint density at radius 2 is 2.29 bits per heavy atom. The second-order valence-corrected chi connectivity index (χ2v) is 4.18. The van der Waals surface area contributed by atoms with Crippen LogP contribution in [0.25, 0.3) is 0 Å². The molecule has 0 aliphatic rings. The highest BCUT2D eigenvalue weighted by Crippen LogP contribution is 2.06. The van der Waals surface area contributed by atoms with Gasteiger partial charge in [-0.15, -0.1) is 0 Å². The van der Waals surface area contributed by atoms with Crippen molar-refractivity contribution in [2.45, 2.75) is 20.3 Å². The molecule has 0 aromatic carbocycles. The summed E-state index contributed by atoms with van der Waals surface area (Å²) in [6.45, 7) is 5.17. The van der Waals surface area contributed by atoms with Crippen molar-refractivity contribution in [1.82, 2.24) is 15.1 Å². The molecule has 0 fully saturated rings. The topological polar surface area (TPSA) is 69.9 Å². The fourth-order valence-corrected chi connectivity index (χ4v) is 1.50. The van der Waals surface area contributed by atoms with Gasteiger partial charge in [-0.2, -0.15) is 15.5 Å². The Labute approximate surface area is 101 Å². The summed E-state index contributed by atoms with van der Waals surface area (Å²) in [4.78, 5) is 13.8. The number of hydrogen-bond acceptors (Lipinski definition) is 4. The van der Waals surface area contributed by atoms with Crippen molar-refractivity contribution in [3.8, 4) is 6.07 Å². The van der Waals surface area contributed by atoms with Gasteiger partial charge < -0.3 is 4.90 Å². The van der Waals surface area contributed by atoms with Crippen molar-refractivity contribution >= 4 is 5.91 Å². The van der Waals surface area contributed by atoms with Crippen molar-refractivity contribution in [1.29, 1.82) is 5.26 Å². The zero-order valence-electron chi connectivity index (χ0n) is 10.1. The van der Waals surface area contributed by atoms with Crippen molar-refractivity contribution in [3.63, 3.8) is 0 Å². The van der Waals surface area contributed by atoms with E-state index < -0.39 is 0 Å². The molecule has 5 nitrogen and oxygen atoms in total. The minimum atomic E-state index is -0.0937. The van der Waals surface area contributed by atoms with Gasteiger partial charge in [0.25, 0.3) is 5.91 Å². The number of rotatable bonds is 5. The number of carbonyl (C=O) groups excluding carboxylic acids is 1. The average molecular weight is 232 g/mol. The first kappa shape index (κ1) is 13.1. The van der Waals surface area contributed by atoms with Crippen LogP contribution < -0.4 is 0 Å². The highest BCUT2D eigenvalue weighted by Gasteiger charge is 2.16. The zero-order valence-corrected chi connectivity index (χ0v) is 10.1. The van der Waals surface area contributed by atoms with Gasteiger partial charge >= 0.3 is 0 Å². The molecule has 0 bridgehead atoms. The number of aromatic nitrogens is 2. The molecule has 17 heavy (non-hydrogen) atoms. The second-order valence-electron chi connectivity index (χ2n) is 4.18. The number of hydrogen-bond donors (Lipinski definition) is 0. The average Bonchev–Trinajstić information content (AvgIpc) is 2.34. The lowest BCUT2D eigenvalue weighted by atomic mass is 10.1. The van der Waals surface area contributed by atoms with Crippen LogP contribution in [0.15, 0.2) is 18.5 Å². The molecular weight excluding hydrogens is 216 g/mol. The van der Waals surface area contributed by atoms with E-state index in [1.54, 1.807) is 11.0 Å². The van der Waals surface area contributed by atoms with Gasteiger partial charge in [-0.1, -0.05) is 13.8 Å². The Morgan fingerprint density at radius 1 is 1.53 bits per heavy atom. The fraction of sp³-hybridized carbons (Fsp3) is 0.500. The molecule has 1 rings (SSSR count). The van der Waals surface area contributed by atoms with Crippen molar-refractivity contribution in [3.05, 3.63) is 24.0 Å². The largest absolute Gasteiger partial charge is 0.337 e. The summed E-state index contributed by atoms with van der Waals surface area (Å²) in [5.41, 5.74) is 0.513. The number of nitrogens with zero attached hydrogens (tertiary/aromatic N) is 4. The highest BCUT2D eigenvalue weighted by molar-refractivity contribution is 5.93. The van der Waals surface area contributed by atoms with E-state index in [2.05, 4.69) is 16.3 Å². The van der Waals surface area contributed by atoms with Crippen LogP contribution in [0.2, 0.25) is 0 Å². The second kappa shape index (κ2) is 6.59. The molecule has 90 valence electrons. The van der Waals surface area contributed by atoms with Crippen LogP contribution >= 0.6 is 0 Å². The van der Waals surface area contributed by atoms with Gasteiger partial charge in [-0.3, -0.25) is 4.79 Å². The first-order valence-corrected chi connectivity index (χ1v) is 5.58. The molecule has 0 saturated heterocycles. The maximum Gasteiger partial charge on any atom is 0.255 e. The number of nitriles is 1. The van der Waals surface area contributed by atoms with Crippen molar-refractivity contribution < 1.29 is 4.79 Å². The standard InChI is InChI=1S/C12H16N4O/c1-10(2)9-16(7-3-5-13)12(17)11-4-6-14-15-8-11/h4,6,8,10H,3,7,9H2,1-2H3. The van der Waals surface area contributed by atoms with Crippen molar-refractivity contribution in [2.24, 2.45) is 5.92 Å². The molecule has 0 unspecified atom stereocenters. The minimum Gasteiger partial charge on any atom is -0.337 e. The lowest BCUT2D eigenvalue weighted by molar-refractivity contribution is 0.0739. The quantitative estimate of drug-likeness (QED) is 0.771. The van der Waals surface area contributed by atoms with E-state index in [4.69, 9.17) is 5.26 Å². The van der Waals surface area contributed by atoms with E-state index in [0.29, 0.717) is 31.0 Å². The van der Waals surface area contributed by atoms with Gasteiger partial charge in [-0.25, -0.2) is 0 Å². The zero-order chi connectivity index (χ0) is 12.7. The third-order valence-electron chi connectivity index (χ3n) is 2.20. The number of amides is 1. The molecule has 0 spiro atoms. The van der Waals surface area contributed by atoms with Crippen LogP contribution in [0.1, 0.15) is 30.6 Å². The lowest BCUT2D eigenvalue weighted by Gasteiger charge is -2.23. The summed E-state index contributed by atoms with van der Waals surface area (Å²) in [6.07, 6.45) is 3.28. The van der Waals surface area contributed by atoms with Crippen LogP contribution in [0, 0.1) is 17.2 Å². The molecule has 1 aromatic heterocycles. The van der Waals surface area contributed by atoms with E-state index in [9.17, 15) is 4.79 Å². The Bertz CT molecular complexity index is 397. The summed E-state index contributed by atoms with van der Waals surface area (Å²) in [5, 5.41) is 15.9. The normalized spacial score (nSPS) is 10.0. The van der Waals surface area contributed by atoms with Gasteiger partial charge in [-0.05, 0) is 12.0 Å². The van der Waals surface area contributed by atoms with E-state index in [-0.39, 0.29) is 5.91 Å². The Hall–Kier alpha value is -1.96. The van der Waals surface area contributed by atoms with Crippen LogP contribution in [0.3, 0.4) is 0 Å². The fourth-order valence-electron chi connectivity index (χ4n) is 1.50. The Morgan fingerprint density at radius 3 is 2.82 bits per heavy atom. The Kier molecular flexibility index (Phi) is 5.08. The molecule has 0 aliphatic carbocycles. The summed E-state index contributed by atoms with van der Waals surface area (Å²) < 4.78 is 0. The summed E-state index contributed by atoms with van der Waals surface area (Å²) >= 11 is 0. The minimum absolute atomic E-state index is 0.0937. The maximum absolute atomic E-state index is 12.1. The van der Waals surface area contributed by atoms with Crippen molar-refractivity contribution in [2.75, 3.05) is 13.1 Å². The summed E-state index contributed by atoms with van der Waals surface area (Å²) in [6, 6.07) is 3.69. The summed E-state index contributed by atoms with van der Waals surface area (Å²) in [5.74, 6) is 0.274. The van der Waals surface area contributed by atoms with E-state index in [0.717, 1.165) is 0 Å². The molecule has 0 N–H and O–H groups in total. The maximum atomic E-state index is 12.1. The molecule has 0 saturated carbocycles. The monoisotopic (exact) mass is 232 g/mol. The van der Waals surface area contributed by atoms with E-state index in [1.165, 1.54) is 12.4 Å². The van der Waals surface area contributed by atoms with Gasteiger partial charge in [0, 0.05) is 13.1 Å². The van der Waals surface area contributed by atoms with Gasteiger partial charge in [0.05, 0.1) is 30.4 Å². The van der Waals surface area contributed by atoms with Crippen LogP contribution in [0.4, 0.5) is 0 Å². The smallest absolute Gasteiger partial charge is 0.255 e. The van der Waals surface area contributed by atoms with Gasteiger partial charge in [0.1, 0.15) is 0 Å². The molecule has 5 heteroatoms. The van der Waals surface area contributed by atoms with E-state index in [1.807, 2.05) is 13.8 Å². The van der Waals surface area contributed by atoms with Crippen LogP contribution in [-0.2, 0) is 0 Å². The predicted molar refractivity (Wildman–Crippen MR) is 63.0 cm³/mol. The molecule has 0 atom stereocenters. The lowest BCUT2D eigenvalue weighted by Crippen LogP contribution is -2.35. The van der Waals surface area contributed by atoms with Gasteiger partial charge in [0.15, 0.2) is 0 Å². The van der Waals surface area contributed by atoms with Crippen LogP contribution in [-0.4, -0.2) is 34.1 Å². The molecule has 0 radical (unpaired) electrons. The summed E-state index contributed by atoms with van der Waals surface area (Å²) in [7, 11) is 0. The third kappa shape index (κ3) is 4.19. The van der Waals surface area contributed by atoms with Gasteiger partial charge in [0.2, 0.25) is 0 Å². The molecular formula is C12H16N4O. The first-order chi connectivity index (χ1) is 8.15. The Balaban J connectivity index is 2.76. The molecule has 1 aromatic rings. The third-order valence-corrected chi connectivity index (χ3v) is 2.20. The highest BCUT2D eigenvalue weighted by atomic mass is 16.2. The molecule has 1 heterocycles. The van der Waals surface area contributed by atoms with E-state index >= 15 is 0 Å². The molecule has 0 aliphatic heterocycles. The first-order valence-electron chi connectivity index (χ1n) is 5.58.